The van der Waals surface area contributed by atoms with Crippen LogP contribution in [0.15, 0.2) is 22.6 Å². The molecule has 0 aliphatic heterocycles. The van der Waals surface area contributed by atoms with E-state index in [9.17, 15) is 9.90 Å². The van der Waals surface area contributed by atoms with Gasteiger partial charge in [0.1, 0.15) is 23.8 Å². The molecule has 0 spiro atoms. The molecule has 1 N–H and O–H groups in total. The molecule has 1 heterocycles. The van der Waals surface area contributed by atoms with E-state index >= 15 is 0 Å². The zero-order valence-electron chi connectivity index (χ0n) is 17.7. The van der Waals surface area contributed by atoms with E-state index in [0.717, 1.165) is 34.8 Å². The van der Waals surface area contributed by atoms with Crippen molar-refractivity contribution in [1.82, 2.24) is 4.98 Å². The summed E-state index contributed by atoms with van der Waals surface area (Å²) >= 11 is 0. The summed E-state index contributed by atoms with van der Waals surface area (Å²) in [4.78, 5) is 15.9. The van der Waals surface area contributed by atoms with Crippen LogP contribution in [0.4, 0.5) is 0 Å². The summed E-state index contributed by atoms with van der Waals surface area (Å²) in [5.74, 6) is 1.24. The summed E-state index contributed by atoms with van der Waals surface area (Å²) in [6.45, 7) is 12.6. The van der Waals surface area contributed by atoms with Crippen LogP contribution in [-0.4, -0.2) is 28.8 Å². The highest BCUT2D eigenvalue weighted by Gasteiger charge is 2.23. The zero-order valence-corrected chi connectivity index (χ0v) is 17.7. The molecule has 0 amide bonds. The maximum atomic E-state index is 11.4. The summed E-state index contributed by atoms with van der Waals surface area (Å²) in [6.07, 6.45) is 0.280. The normalized spacial score (nSPS) is 12.8. The van der Waals surface area contributed by atoms with Crippen LogP contribution in [0.1, 0.15) is 63.1 Å². The topological polar surface area (TPSA) is 81.8 Å². The smallest absolute Gasteiger partial charge is 0.333 e. The van der Waals surface area contributed by atoms with Gasteiger partial charge in [0.15, 0.2) is 12.0 Å². The summed E-state index contributed by atoms with van der Waals surface area (Å²) in [5.41, 5.74) is 2.65. The van der Waals surface area contributed by atoms with Crippen molar-refractivity contribution < 1.29 is 23.8 Å². The molecule has 0 fully saturated rings. The standard InChI is InChI=1S/C22H31NO5/c1-7-15-11-17(10-9-16(15)12-19(20(24)25)26-8-2)27-13-18-14(3)28-21(23-18)22(4,5)6/h9-11,19H,7-8,12-13H2,1-6H3,(H,24,25). The second kappa shape index (κ2) is 9.24. The third-order valence-corrected chi connectivity index (χ3v) is 4.52. The van der Waals surface area contributed by atoms with Crippen LogP contribution >= 0.6 is 0 Å². The second-order valence-corrected chi connectivity index (χ2v) is 7.83. The van der Waals surface area contributed by atoms with Gasteiger partial charge in [-0.1, -0.05) is 33.8 Å². The Hall–Kier alpha value is -2.34. The molecule has 0 saturated carbocycles. The van der Waals surface area contributed by atoms with E-state index in [4.69, 9.17) is 13.9 Å². The average Bonchev–Trinajstić information content (AvgIpc) is 3.01. The van der Waals surface area contributed by atoms with E-state index in [0.29, 0.717) is 25.5 Å². The number of rotatable bonds is 9. The number of aliphatic carboxylic acids is 1. The molecule has 6 heteroatoms. The molecule has 2 rings (SSSR count). The number of nitrogens with zero attached hydrogens (tertiary/aromatic N) is 1. The van der Waals surface area contributed by atoms with Gasteiger partial charge in [0.2, 0.25) is 0 Å². The molecule has 1 unspecified atom stereocenters. The first-order valence-electron chi connectivity index (χ1n) is 9.71. The molecule has 28 heavy (non-hydrogen) atoms. The lowest BCUT2D eigenvalue weighted by Crippen LogP contribution is -2.26. The Morgan fingerprint density at radius 2 is 1.96 bits per heavy atom. The van der Waals surface area contributed by atoms with Gasteiger partial charge < -0.3 is 19.0 Å². The lowest BCUT2D eigenvalue weighted by atomic mass is 9.97. The van der Waals surface area contributed by atoms with Gasteiger partial charge in [-0.25, -0.2) is 9.78 Å². The van der Waals surface area contributed by atoms with Gasteiger partial charge in [-0.05, 0) is 43.5 Å². The molecule has 1 aromatic carbocycles. The van der Waals surface area contributed by atoms with Crippen LogP contribution in [0, 0.1) is 6.92 Å². The summed E-state index contributed by atoms with van der Waals surface area (Å²) in [7, 11) is 0. The third-order valence-electron chi connectivity index (χ3n) is 4.52. The van der Waals surface area contributed by atoms with Crippen LogP contribution < -0.4 is 4.74 Å². The SMILES string of the molecule is CCOC(Cc1ccc(OCc2nc(C(C)(C)C)oc2C)cc1CC)C(=O)O. The van der Waals surface area contributed by atoms with E-state index in [1.807, 2.05) is 32.0 Å². The molecule has 0 bridgehead atoms. The lowest BCUT2D eigenvalue weighted by molar-refractivity contribution is -0.149. The van der Waals surface area contributed by atoms with Crippen LogP contribution in [0.3, 0.4) is 0 Å². The Bertz CT molecular complexity index is 804. The molecule has 0 radical (unpaired) electrons. The molecule has 2 aromatic rings. The fraction of sp³-hybridized carbons (Fsp3) is 0.545. The van der Waals surface area contributed by atoms with Crippen LogP contribution in [-0.2, 0) is 34.4 Å². The van der Waals surface area contributed by atoms with E-state index in [-0.39, 0.29) is 5.41 Å². The molecular formula is C22H31NO5. The van der Waals surface area contributed by atoms with Crippen molar-refractivity contribution in [2.24, 2.45) is 0 Å². The first-order chi connectivity index (χ1) is 13.2. The van der Waals surface area contributed by atoms with E-state index < -0.39 is 12.1 Å². The van der Waals surface area contributed by atoms with Gasteiger partial charge >= 0.3 is 5.97 Å². The maximum absolute atomic E-state index is 11.4. The van der Waals surface area contributed by atoms with Crippen molar-refractivity contribution >= 4 is 5.97 Å². The van der Waals surface area contributed by atoms with E-state index in [1.165, 1.54) is 0 Å². The Morgan fingerprint density at radius 1 is 1.25 bits per heavy atom. The second-order valence-electron chi connectivity index (χ2n) is 7.83. The molecule has 6 nitrogen and oxygen atoms in total. The Labute approximate surface area is 166 Å². The van der Waals surface area contributed by atoms with Gasteiger partial charge in [0, 0.05) is 18.4 Å². The minimum absolute atomic E-state index is 0.152. The van der Waals surface area contributed by atoms with Gasteiger partial charge in [-0.2, -0.15) is 0 Å². The predicted molar refractivity (Wildman–Crippen MR) is 107 cm³/mol. The number of carbonyl (C=O) groups is 1. The van der Waals surface area contributed by atoms with E-state index in [1.54, 1.807) is 6.92 Å². The number of carboxylic acid groups (broad SMARTS) is 1. The van der Waals surface area contributed by atoms with Gasteiger partial charge in [-0.3, -0.25) is 0 Å². The molecule has 1 atom stereocenters. The highest BCUT2D eigenvalue weighted by atomic mass is 16.5. The minimum atomic E-state index is -0.944. The molecule has 0 aliphatic rings. The van der Waals surface area contributed by atoms with Gasteiger partial charge in [-0.15, -0.1) is 0 Å². The number of benzene rings is 1. The minimum Gasteiger partial charge on any atom is -0.487 e. The number of aryl methyl sites for hydroxylation is 2. The van der Waals surface area contributed by atoms with Crippen molar-refractivity contribution in [3.05, 3.63) is 46.7 Å². The number of oxazole rings is 1. The largest absolute Gasteiger partial charge is 0.487 e. The van der Waals surface area contributed by atoms with Crippen molar-refractivity contribution in [1.29, 1.82) is 0 Å². The third kappa shape index (κ3) is 5.58. The van der Waals surface area contributed by atoms with Crippen LogP contribution in [0.2, 0.25) is 0 Å². The molecule has 0 aliphatic carbocycles. The fourth-order valence-electron chi connectivity index (χ4n) is 2.87. The number of hydrogen-bond acceptors (Lipinski definition) is 5. The van der Waals surface area contributed by atoms with Crippen molar-refractivity contribution in [2.45, 2.75) is 72.5 Å². The molecular weight excluding hydrogens is 358 g/mol. The number of carboxylic acids is 1. The lowest BCUT2D eigenvalue weighted by Gasteiger charge is -2.16. The van der Waals surface area contributed by atoms with Crippen molar-refractivity contribution in [3.63, 3.8) is 0 Å². The summed E-state index contributed by atoms with van der Waals surface area (Å²) in [6, 6.07) is 5.74. The zero-order chi connectivity index (χ0) is 20.9. The summed E-state index contributed by atoms with van der Waals surface area (Å²) in [5, 5.41) is 9.31. The van der Waals surface area contributed by atoms with Crippen molar-refractivity contribution in [2.75, 3.05) is 6.61 Å². The Balaban J connectivity index is 2.12. The first-order valence-corrected chi connectivity index (χ1v) is 9.71. The van der Waals surface area contributed by atoms with E-state index in [2.05, 4.69) is 25.8 Å². The quantitative estimate of drug-likeness (QED) is 0.682. The highest BCUT2D eigenvalue weighted by Crippen LogP contribution is 2.25. The number of ether oxygens (including phenoxy) is 2. The van der Waals surface area contributed by atoms with Crippen molar-refractivity contribution in [3.8, 4) is 5.75 Å². The monoisotopic (exact) mass is 389 g/mol. The van der Waals surface area contributed by atoms with Gasteiger partial charge in [0.25, 0.3) is 0 Å². The number of aromatic nitrogens is 1. The average molecular weight is 389 g/mol. The number of hydrogen-bond donors (Lipinski definition) is 1. The Kier molecular flexibility index (Phi) is 7.24. The summed E-state index contributed by atoms with van der Waals surface area (Å²) < 4.78 is 17.0. The first kappa shape index (κ1) is 22.0. The molecule has 154 valence electrons. The predicted octanol–water partition coefficient (Wildman–Crippen LogP) is 4.45. The van der Waals surface area contributed by atoms with Crippen LogP contribution in [0.5, 0.6) is 5.75 Å². The van der Waals surface area contributed by atoms with Gasteiger partial charge in [0.05, 0.1) is 0 Å². The fourth-order valence-corrected chi connectivity index (χ4v) is 2.87. The molecule has 1 aromatic heterocycles. The van der Waals surface area contributed by atoms with Crippen LogP contribution in [0.25, 0.3) is 0 Å². The molecule has 0 saturated heterocycles. The Morgan fingerprint density at radius 3 is 2.50 bits per heavy atom. The maximum Gasteiger partial charge on any atom is 0.333 e. The highest BCUT2D eigenvalue weighted by molar-refractivity contribution is 5.72.